The number of methoxy groups -OCH3 is 1. The van der Waals surface area contributed by atoms with Gasteiger partial charge in [-0.2, -0.15) is 0 Å². The van der Waals surface area contributed by atoms with Crippen LogP contribution in [0.3, 0.4) is 0 Å². The summed E-state index contributed by atoms with van der Waals surface area (Å²) in [5.41, 5.74) is 0.676. The zero-order valence-corrected chi connectivity index (χ0v) is 11.5. The molecule has 1 aromatic rings. The van der Waals surface area contributed by atoms with Gasteiger partial charge in [-0.05, 0) is 11.6 Å². The summed E-state index contributed by atoms with van der Waals surface area (Å²) in [4.78, 5) is 12.3. The average molecular weight is 289 g/mol. The quantitative estimate of drug-likeness (QED) is 0.582. The molecule has 0 aromatic heterocycles. The molecule has 0 fully saturated rings. The molecule has 0 amide bonds. The first-order valence-corrected chi connectivity index (χ1v) is 6.21. The lowest BCUT2D eigenvalue weighted by molar-refractivity contribution is -0.384. The molecule has 0 radical (unpaired) electrons. The van der Waals surface area contributed by atoms with Crippen LogP contribution in [0.1, 0.15) is 5.56 Å². The van der Waals surface area contributed by atoms with Crippen molar-refractivity contribution in [3.63, 3.8) is 0 Å². The molecule has 0 saturated carbocycles. The lowest BCUT2D eigenvalue weighted by Crippen LogP contribution is -2.29. The Balaban J connectivity index is 2.78. The molecule has 0 bridgehead atoms. The van der Waals surface area contributed by atoms with Crippen molar-refractivity contribution in [3.05, 3.63) is 38.9 Å². The van der Waals surface area contributed by atoms with Gasteiger partial charge < -0.3 is 9.84 Å². The van der Waals surface area contributed by atoms with Gasteiger partial charge in [-0.3, -0.25) is 15.0 Å². The van der Waals surface area contributed by atoms with Gasteiger partial charge in [0.05, 0.1) is 18.1 Å². The maximum Gasteiger partial charge on any atom is 0.288 e. The summed E-state index contributed by atoms with van der Waals surface area (Å²) in [7, 11) is 1.60. The highest BCUT2D eigenvalue weighted by Gasteiger charge is 2.14. The van der Waals surface area contributed by atoms with Gasteiger partial charge in [0.15, 0.2) is 0 Å². The van der Waals surface area contributed by atoms with E-state index in [4.69, 9.17) is 21.4 Å². The number of benzene rings is 1. The van der Waals surface area contributed by atoms with Crippen molar-refractivity contribution in [2.45, 2.75) is 6.54 Å². The molecule has 19 heavy (non-hydrogen) atoms. The number of rotatable bonds is 8. The molecule has 1 N–H and O–H groups in total. The summed E-state index contributed by atoms with van der Waals surface area (Å²) in [6.07, 6.45) is 0. The third-order valence-corrected chi connectivity index (χ3v) is 2.96. The number of hydrogen-bond acceptors (Lipinski definition) is 5. The molecule has 106 valence electrons. The predicted octanol–water partition coefficient (Wildman–Crippen LogP) is 1.69. The van der Waals surface area contributed by atoms with Crippen LogP contribution in [0.25, 0.3) is 0 Å². The molecule has 1 rings (SSSR count). The van der Waals surface area contributed by atoms with E-state index in [1.807, 2.05) is 4.90 Å². The summed E-state index contributed by atoms with van der Waals surface area (Å²) in [5, 5.41) is 19.9. The molecular formula is C12H17ClN2O4. The van der Waals surface area contributed by atoms with E-state index in [2.05, 4.69) is 0 Å². The highest BCUT2D eigenvalue weighted by atomic mass is 35.5. The lowest BCUT2D eigenvalue weighted by atomic mass is 10.2. The molecule has 0 saturated heterocycles. The average Bonchev–Trinajstić information content (AvgIpc) is 2.38. The van der Waals surface area contributed by atoms with Crippen LogP contribution in [0, 0.1) is 10.1 Å². The summed E-state index contributed by atoms with van der Waals surface area (Å²) < 4.78 is 4.98. The molecule has 0 spiro atoms. The largest absolute Gasteiger partial charge is 0.395 e. The zero-order chi connectivity index (χ0) is 14.3. The van der Waals surface area contributed by atoms with Crippen molar-refractivity contribution in [2.24, 2.45) is 0 Å². The normalized spacial score (nSPS) is 10.9. The minimum Gasteiger partial charge on any atom is -0.395 e. The molecule has 0 unspecified atom stereocenters. The summed E-state index contributed by atoms with van der Waals surface area (Å²) in [5.74, 6) is 0. The van der Waals surface area contributed by atoms with Gasteiger partial charge >= 0.3 is 0 Å². The number of nitrogens with zero attached hydrogens (tertiary/aromatic N) is 2. The van der Waals surface area contributed by atoms with Gasteiger partial charge in [-0.25, -0.2) is 0 Å². The highest BCUT2D eigenvalue weighted by molar-refractivity contribution is 6.32. The Labute approximate surface area is 116 Å². The predicted molar refractivity (Wildman–Crippen MR) is 72.3 cm³/mol. The Morgan fingerprint density at radius 1 is 1.47 bits per heavy atom. The summed E-state index contributed by atoms with van der Waals surface area (Å²) in [6.45, 7) is 2.20. The van der Waals surface area contributed by atoms with Gasteiger partial charge in [0.2, 0.25) is 0 Å². The second-order valence-electron chi connectivity index (χ2n) is 4.04. The SMILES string of the molecule is COCCN(CCO)Cc1ccc(Cl)c([N+](=O)[O-])c1. The van der Waals surface area contributed by atoms with Crippen LogP contribution in [-0.2, 0) is 11.3 Å². The third-order valence-electron chi connectivity index (χ3n) is 2.64. The number of halogens is 1. The third kappa shape index (κ3) is 5.12. The first-order valence-electron chi connectivity index (χ1n) is 5.83. The second-order valence-corrected chi connectivity index (χ2v) is 4.44. The molecule has 1 aromatic carbocycles. The van der Waals surface area contributed by atoms with Crippen molar-refractivity contribution in [1.29, 1.82) is 0 Å². The van der Waals surface area contributed by atoms with Crippen molar-refractivity contribution in [2.75, 3.05) is 33.4 Å². The van der Waals surface area contributed by atoms with E-state index in [1.165, 1.54) is 12.1 Å². The van der Waals surface area contributed by atoms with Crippen molar-refractivity contribution in [3.8, 4) is 0 Å². The number of hydrogen-bond donors (Lipinski definition) is 1. The number of nitro groups is 1. The molecule has 0 aliphatic carbocycles. The molecule has 0 aliphatic heterocycles. The molecule has 6 nitrogen and oxygen atoms in total. The van der Waals surface area contributed by atoms with E-state index in [0.717, 1.165) is 5.56 Å². The fourth-order valence-corrected chi connectivity index (χ4v) is 1.87. The monoisotopic (exact) mass is 288 g/mol. The maximum absolute atomic E-state index is 10.8. The molecule has 0 heterocycles. The van der Waals surface area contributed by atoms with Crippen molar-refractivity contribution < 1.29 is 14.8 Å². The van der Waals surface area contributed by atoms with Crippen LogP contribution in [0.4, 0.5) is 5.69 Å². The van der Waals surface area contributed by atoms with Crippen molar-refractivity contribution in [1.82, 2.24) is 4.90 Å². The van der Waals surface area contributed by atoms with Crippen LogP contribution >= 0.6 is 11.6 Å². The van der Waals surface area contributed by atoms with E-state index in [-0.39, 0.29) is 17.3 Å². The lowest BCUT2D eigenvalue weighted by Gasteiger charge is -2.20. The van der Waals surface area contributed by atoms with Gasteiger partial charge in [0.1, 0.15) is 5.02 Å². The van der Waals surface area contributed by atoms with Gasteiger partial charge in [-0.15, -0.1) is 0 Å². The number of aliphatic hydroxyl groups excluding tert-OH is 1. The minimum absolute atomic E-state index is 0.0272. The number of ether oxygens (including phenoxy) is 1. The first-order chi connectivity index (χ1) is 9.08. The number of aliphatic hydroxyl groups is 1. The summed E-state index contributed by atoms with van der Waals surface area (Å²) in [6, 6.07) is 4.72. The first kappa shape index (κ1) is 15.8. The molecule has 0 aliphatic rings. The van der Waals surface area contributed by atoms with Crippen LogP contribution in [-0.4, -0.2) is 48.3 Å². The van der Waals surface area contributed by atoms with Gasteiger partial charge in [0, 0.05) is 32.8 Å². The Morgan fingerprint density at radius 3 is 2.79 bits per heavy atom. The number of nitro benzene ring substituents is 1. The van der Waals surface area contributed by atoms with Crippen molar-refractivity contribution >= 4 is 17.3 Å². The van der Waals surface area contributed by atoms with Crippen LogP contribution in [0.2, 0.25) is 5.02 Å². The van der Waals surface area contributed by atoms with Crippen LogP contribution < -0.4 is 0 Å². The maximum atomic E-state index is 10.8. The Morgan fingerprint density at radius 2 is 2.21 bits per heavy atom. The minimum atomic E-state index is -0.503. The van der Waals surface area contributed by atoms with E-state index in [1.54, 1.807) is 13.2 Å². The van der Waals surface area contributed by atoms with Gasteiger partial charge in [-0.1, -0.05) is 17.7 Å². The highest BCUT2D eigenvalue weighted by Crippen LogP contribution is 2.25. The summed E-state index contributed by atoms with van der Waals surface area (Å²) >= 11 is 5.76. The molecule has 0 atom stereocenters. The van der Waals surface area contributed by atoms with Crippen LogP contribution in [0.15, 0.2) is 18.2 Å². The molecule has 7 heteroatoms. The van der Waals surface area contributed by atoms with E-state index < -0.39 is 4.92 Å². The fourth-order valence-electron chi connectivity index (χ4n) is 1.69. The van der Waals surface area contributed by atoms with E-state index >= 15 is 0 Å². The Bertz CT molecular complexity index is 428. The Kier molecular flexibility index (Phi) is 6.72. The zero-order valence-electron chi connectivity index (χ0n) is 10.7. The van der Waals surface area contributed by atoms with Gasteiger partial charge in [0.25, 0.3) is 5.69 Å². The smallest absolute Gasteiger partial charge is 0.288 e. The van der Waals surface area contributed by atoms with E-state index in [9.17, 15) is 10.1 Å². The fraction of sp³-hybridized carbons (Fsp3) is 0.500. The van der Waals surface area contributed by atoms with E-state index in [0.29, 0.717) is 26.2 Å². The topological polar surface area (TPSA) is 75.8 Å². The molecular weight excluding hydrogens is 272 g/mol. The van der Waals surface area contributed by atoms with Crippen LogP contribution in [0.5, 0.6) is 0 Å². The Hall–Kier alpha value is -1.21. The standard InChI is InChI=1S/C12H17ClN2O4/c1-19-7-5-14(4-6-16)9-10-2-3-11(13)12(8-10)15(17)18/h2-3,8,16H,4-7,9H2,1H3. The second kappa shape index (κ2) is 8.06.